The number of carbonyl (C=O) groups is 1. The number of halogens is 3. The normalized spacial score (nSPS) is 12.3. The van der Waals surface area contributed by atoms with Gasteiger partial charge in [0.2, 0.25) is 0 Å². The van der Waals surface area contributed by atoms with E-state index in [2.05, 4.69) is 0 Å². The highest BCUT2D eigenvalue weighted by molar-refractivity contribution is 6.44. The van der Waals surface area contributed by atoms with Gasteiger partial charge in [0.1, 0.15) is 5.75 Å². The van der Waals surface area contributed by atoms with Crippen molar-refractivity contribution >= 4 is 40.8 Å². The molecule has 88 valence electrons. The van der Waals surface area contributed by atoms with Gasteiger partial charge >= 0.3 is 5.97 Å². The number of aliphatic carboxylic acids is 1. The molecule has 1 unspecified atom stereocenters. The molecular weight excluding hydrogens is 274 g/mol. The molecule has 0 spiro atoms. The number of carboxylic acid groups (broad SMARTS) is 1. The van der Waals surface area contributed by atoms with Crippen LogP contribution in [-0.2, 0) is 4.79 Å². The van der Waals surface area contributed by atoms with E-state index in [0.717, 1.165) is 0 Å². The Morgan fingerprint density at radius 1 is 1.38 bits per heavy atom. The Morgan fingerprint density at radius 2 is 1.94 bits per heavy atom. The zero-order valence-electron chi connectivity index (χ0n) is 8.55. The Morgan fingerprint density at radius 3 is 2.44 bits per heavy atom. The van der Waals surface area contributed by atoms with Gasteiger partial charge in [0.15, 0.2) is 6.10 Å². The summed E-state index contributed by atoms with van der Waals surface area (Å²) in [6.45, 7) is 3.06. The quantitative estimate of drug-likeness (QED) is 0.858. The van der Waals surface area contributed by atoms with Crippen LogP contribution in [0.25, 0.3) is 0 Å². The zero-order valence-corrected chi connectivity index (χ0v) is 10.8. The fourth-order valence-corrected chi connectivity index (χ4v) is 1.81. The Hall–Kier alpha value is -0.640. The smallest absolute Gasteiger partial charge is 0.344 e. The Kier molecular flexibility index (Phi) is 4.30. The highest BCUT2D eigenvalue weighted by Gasteiger charge is 2.19. The molecule has 3 nitrogen and oxygen atoms in total. The van der Waals surface area contributed by atoms with Crippen LogP contribution in [0.15, 0.2) is 6.07 Å². The van der Waals surface area contributed by atoms with Gasteiger partial charge in [0.25, 0.3) is 0 Å². The van der Waals surface area contributed by atoms with E-state index < -0.39 is 12.1 Å². The molecule has 0 aliphatic heterocycles. The lowest BCUT2D eigenvalue weighted by Crippen LogP contribution is -2.23. The van der Waals surface area contributed by atoms with Crippen molar-refractivity contribution in [1.82, 2.24) is 0 Å². The van der Waals surface area contributed by atoms with Gasteiger partial charge in [-0.25, -0.2) is 4.79 Å². The summed E-state index contributed by atoms with van der Waals surface area (Å²) in [4.78, 5) is 10.7. The highest BCUT2D eigenvalue weighted by Crippen LogP contribution is 2.38. The van der Waals surface area contributed by atoms with Crippen molar-refractivity contribution in [2.24, 2.45) is 0 Å². The van der Waals surface area contributed by atoms with Crippen molar-refractivity contribution in [3.05, 3.63) is 26.7 Å². The van der Waals surface area contributed by atoms with Crippen LogP contribution in [0.2, 0.25) is 15.1 Å². The summed E-state index contributed by atoms with van der Waals surface area (Å²) in [6, 6.07) is 1.42. The van der Waals surface area contributed by atoms with Gasteiger partial charge in [0.05, 0.1) is 15.1 Å². The molecule has 0 aromatic heterocycles. The second-order valence-corrected chi connectivity index (χ2v) is 4.40. The first-order chi connectivity index (χ1) is 7.34. The van der Waals surface area contributed by atoms with E-state index in [9.17, 15) is 4.79 Å². The third-order valence-electron chi connectivity index (χ3n) is 1.99. The first kappa shape index (κ1) is 13.4. The van der Waals surface area contributed by atoms with Crippen LogP contribution in [0.4, 0.5) is 0 Å². The van der Waals surface area contributed by atoms with Gasteiger partial charge in [-0.3, -0.25) is 0 Å². The third-order valence-corrected chi connectivity index (χ3v) is 3.15. The molecule has 1 atom stereocenters. The van der Waals surface area contributed by atoms with Gasteiger partial charge in [-0.05, 0) is 19.9 Å². The SMILES string of the molecule is Cc1c(Cl)c(Cl)cc(Cl)c1OC(C)C(=O)O. The largest absolute Gasteiger partial charge is 0.479 e. The van der Waals surface area contributed by atoms with Crippen molar-refractivity contribution in [3.63, 3.8) is 0 Å². The Balaban J connectivity index is 3.14. The van der Waals surface area contributed by atoms with E-state index in [-0.39, 0.29) is 10.8 Å². The molecule has 0 bridgehead atoms. The molecule has 0 fully saturated rings. The van der Waals surface area contributed by atoms with Crippen molar-refractivity contribution in [1.29, 1.82) is 0 Å². The molecule has 1 aromatic carbocycles. The molecule has 1 aromatic rings. The number of benzene rings is 1. The number of ether oxygens (including phenoxy) is 1. The minimum Gasteiger partial charge on any atom is -0.479 e. The molecule has 16 heavy (non-hydrogen) atoms. The summed E-state index contributed by atoms with van der Waals surface area (Å²) in [5.74, 6) is -0.840. The third kappa shape index (κ3) is 2.73. The van der Waals surface area contributed by atoms with E-state index in [4.69, 9.17) is 44.6 Å². The van der Waals surface area contributed by atoms with E-state index >= 15 is 0 Å². The fraction of sp³-hybridized carbons (Fsp3) is 0.300. The molecule has 1 rings (SSSR count). The van der Waals surface area contributed by atoms with Crippen LogP contribution in [0, 0.1) is 6.92 Å². The van der Waals surface area contributed by atoms with Crippen molar-refractivity contribution in [3.8, 4) is 5.75 Å². The molecule has 0 aliphatic carbocycles. The van der Waals surface area contributed by atoms with Crippen LogP contribution in [0.3, 0.4) is 0 Å². The lowest BCUT2D eigenvalue weighted by molar-refractivity contribution is -0.144. The molecule has 0 aliphatic rings. The molecule has 6 heteroatoms. The van der Waals surface area contributed by atoms with Gasteiger partial charge in [-0.1, -0.05) is 34.8 Å². The molecule has 0 radical (unpaired) electrons. The Labute approximate surface area is 108 Å². The van der Waals surface area contributed by atoms with Crippen LogP contribution < -0.4 is 4.74 Å². The monoisotopic (exact) mass is 282 g/mol. The van der Waals surface area contributed by atoms with Crippen molar-refractivity contribution < 1.29 is 14.6 Å². The highest BCUT2D eigenvalue weighted by atomic mass is 35.5. The lowest BCUT2D eigenvalue weighted by atomic mass is 10.2. The predicted molar refractivity (Wildman–Crippen MR) is 63.9 cm³/mol. The Bertz CT molecular complexity index is 432. The van der Waals surface area contributed by atoms with E-state index in [1.54, 1.807) is 6.92 Å². The predicted octanol–water partition coefficient (Wildman–Crippen LogP) is 3.81. The van der Waals surface area contributed by atoms with Crippen molar-refractivity contribution in [2.75, 3.05) is 0 Å². The molecule has 0 saturated carbocycles. The van der Waals surface area contributed by atoms with Gasteiger partial charge < -0.3 is 9.84 Å². The average Bonchev–Trinajstić information content (AvgIpc) is 2.20. The number of hydrogen-bond acceptors (Lipinski definition) is 2. The molecule has 0 amide bonds. The summed E-state index contributed by atoms with van der Waals surface area (Å²) in [5, 5.41) is 9.57. The summed E-state index contributed by atoms with van der Waals surface area (Å²) in [5.41, 5.74) is 0.521. The maximum absolute atomic E-state index is 10.7. The van der Waals surface area contributed by atoms with Gasteiger partial charge in [-0.2, -0.15) is 0 Å². The first-order valence-electron chi connectivity index (χ1n) is 4.38. The number of rotatable bonds is 3. The fourth-order valence-electron chi connectivity index (χ4n) is 1.07. The van der Waals surface area contributed by atoms with E-state index in [0.29, 0.717) is 15.6 Å². The molecule has 0 heterocycles. The zero-order chi connectivity index (χ0) is 12.5. The van der Waals surface area contributed by atoms with E-state index in [1.807, 2.05) is 0 Å². The summed E-state index contributed by atoms with van der Waals surface area (Å²) in [6.07, 6.45) is -1.01. The minimum absolute atomic E-state index is 0.236. The van der Waals surface area contributed by atoms with Crippen LogP contribution in [-0.4, -0.2) is 17.2 Å². The summed E-state index contributed by atoms with van der Waals surface area (Å²) < 4.78 is 5.20. The van der Waals surface area contributed by atoms with E-state index in [1.165, 1.54) is 13.0 Å². The summed E-state index contributed by atoms with van der Waals surface area (Å²) >= 11 is 17.6. The number of carboxylic acids is 1. The second-order valence-electron chi connectivity index (χ2n) is 3.21. The van der Waals surface area contributed by atoms with Crippen LogP contribution in [0.5, 0.6) is 5.75 Å². The van der Waals surface area contributed by atoms with Crippen molar-refractivity contribution in [2.45, 2.75) is 20.0 Å². The first-order valence-corrected chi connectivity index (χ1v) is 5.51. The summed E-state index contributed by atoms with van der Waals surface area (Å²) in [7, 11) is 0. The lowest BCUT2D eigenvalue weighted by Gasteiger charge is -2.15. The molecule has 0 saturated heterocycles. The topological polar surface area (TPSA) is 46.5 Å². The number of hydrogen-bond donors (Lipinski definition) is 1. The molecular formula is C10H9Cl3O3. The van der Waals surface area contributed by atoms with Gasteiger partial charge in [-0.15, -0.1) is 0 Å². The maximum Gasteiger partial charge on any atom is 0.344 e. The van der Waals surface area contributed by atoms with Gasteiger partial charge in [0, 0.05) is 5.56 Å². The minimum atomic E-state index is -1.08. The van der Waals surface area contributed by atoms with Crippen LogP contribution >= 0.6 is 34.8 Å². The molecule has 1 N–H and O–H groups in total. The maximum atomic E-state index is 10.7. The second kappa shape index (κ2) is 5.13. The standard InChI is InChI=1S/C10H9Cl3O3/c1-4-8(13)6(11)3-7(12)9(4)16-5(2)10(14)15/h3,5H,1-2H3,(H,14,15). The van der Waals surface area contributed by atoms with Crippen LogP contribution in [0.1, 0.15) is 12.5 Å². The average molecular weight is 284 g/mol.